The summed E-state index contributed by atoms with van der Waals surface area (Å²) in [7, 11) is 0.386. The van der Waals surface area contributed by atoms with Gasteiger partial charge in [0.1, 0.15) is 5.56 Å². The Hall–Kier alpha value is -1.20. The maximum absolute atomic E-state index is 12.3. The number of sulfonamides is 1. The van der Waals surface area contributed by atoms with Gasteiger partial charge in [0, 0.05) is 12.1 Å². The number of benzene rings is 1. The molecule has 10 nitrogen and oxygen atoms in total. The largest absolute Gasteiger partial charge is 0.676 e. The fraction of sp³-hybridized carbons (Fsp3) is 0.500. The predicted molar refractivity (Wildman–Crippen MR) is 98.4 cm³/mol. The number of hydrogen-bond donors (Lipinski definition) is 0. The van der Waals surface area contributed by atoms with Gasteiger partial charge in [-0.15, -0.1) is 6.04 Å². The quantitative estimate of drug-likeness (QED) is 0.243. The summed E-state index contributed by atoms with van der Waals surface area (Å²) in [5.41, 5.74) is 6.08. The Morgan fingerprint density at radius 2 is 1.63 bits per heavy atom. The monoisotopic (exact) mass is 508 g/mol. The Labute approximate surface area is 171 Å². The molecule has 1 N–H and O–H groups in total. The minimum absolute atomic E-state index is 0. The average molecular weight is 508 g/mol. The number of nitro groups is 2. The van der Waals surface area contributed by atoms with Crippen molar-refractivity contribution in [3.05, 3.63) is 61.9 Å². The molecule has 0 spiro atoms. The van der Waals surface area contributed by atoms with Crippen LogP contribution in [0.15, 0.2) is 18.2 Å². The van der Waals surface area contributed by atoms with Gasteiger partial charge in [-0.1, -0.05) is 25.7 Å². The van der Waals surface area contributed by atoms with Crippen molar-refractivity contribution < 1.29 is 35.6 Å². The standard InChI is InChI=1S/C13H16N4O6S.CH3.ClH.Ru/c14-10-4-1-2-5-11(10)15-24(22,23)8-9-12(16(18)19)6-3-7-13(9)17(20)21;;;/h3,6-7,10-11,14H,1-2,4-5,8H2;1H3;1H;/q-2;-1;;+4/p-1. The molecular weight excluding hydrogens is 489 g/mol. The molecule has 2 atom stereocenters. The summed E-state index contributed by atoms with van der Waals surface area (Å²) in [4.78, 5) is 20.4. The Morgan fingerprint density at radius 3 is 2.07 bits per heavy atom. The van der Waals surface area contributed by atoms with Crippen LogP contribution in [0, 0.1) is 27.7 Å². The topological polar surface area (TPSA) is 158 Å². The minimum atomic E-state index is -4.18. The van der Waals surface area contributed by atoms with Crippen LogP contribution in [0.5, 0.6) is 0 Å². The SMILES string of the molecule is [CH3-].[Cl][Ru+3].[NH-]C1CCCCC1[N-]S(=O)(=O)Cc1c([N+](=O)[O-])cccc1[N+](=O)[O-]. The van der Waals surface area contributed by atoms with E-state index in [4.69, 9.17) is 5.73 Å². The van der Waals surface area contributed by atoms with Crippen LogP contribution in [0.1, 0.15) is 31.2 Å². The molecule has 0 saturated heterocycles. The molecule has 0 aromatic heterocycles. The van der Waals surface area contributed by atoms with Gasteiger partial charge in [-0.05, 0) is 6.07 Å². The molecule has 1 aromatic carbocycles. The molecule has 1 fully saturated rings. The van der Waals surface area contributed by atoms with Crippen molar-refractivity contribution in [1.82, 2.24) is 0 Å². The molecule has 152 valence electrons. The summed E-state index contributed by atoms with van der Waals surface area (Å²) >= 11 is 1.82. The molecule has 0 aliphatic heterocycles. The fourth-order valence-corrected chi connectivity index (χ4v) is 4.12. The molecular formula is C14H19ClN4O6RuS. The van der Waals surface area contributed by atoms with Gasteiger partial charge < -0.3 is 17.9 Å². The third kappa shape index (κ3) is 7.38. The van der Waals surface area contributed by atoms with Crippen LogP contribution in [-0.2, 0) is 33.1 Å². The summed E-state index contributed by atoms with van der Waals surface area (Å²) in [5.74, 6) is -0.927. The normalized spacial score (nSPS) is 19.2. The van der Waals surface area contributed by atoms with Crippen molar-refractivity contribution in [2.75, 3.05) is 0 Å². The summed E-state index contributed by atoms with van der Waals surface area (Å²) in [6.07, 6.45) is 2.57. The van der Waals surface area contributed by atoms with E-state index in [0.717, 1.165) is 31.0 Å². The average Bonchev–Trinajstić information content (AvgIpc) is 2.58. The van der Waals surface area contributed by atoms with Gasteiger partial charge in [-0.25, -0.2) is 8.42 Å². The van der Waals surface area contributed by atoms with Crippen molar-refractivity contribution in [2.45, 2.75) is 43.5 Å². The number of nitrogens with zero attached hydrogens (tertiary/aromatic N) is 3. The molecule has 13 heteroatoms. The van der Waals surface area contributed by atoms with E-state index < -0.39 is 54.6 Å². The maximum atomic E-state index is 12.3. The number of rotatable bonds is 6. The predicted octanol–water partition coefficient (Wildman–Crippen LogP) is 4.21. The van der Waals surface area contributed by atoms with Crippen LogP contribution >= 0.6 is 9.69 Å². The van der Waals surface area contributed by atoms with Crippen molar-refractivity contribution in [3.8, 4) is 0 Å². The minimum Gasteiger partial charge on any atom is -0.676 e. The third-order valence-electron chi connectivity index (χ3n) is 3.87. The van der Waals surface area contributed by atoms with Gasteiger partial charge >= 0.3 is 27.0 Å². The van der Waals surface area contributed by atoms with Crippen LogP contribution < -0.4 is 0 Å². The van der Waals surface area contributed by atoms with Gasteiger partial charge in [-0.3, -0.25) is 20.2 Å². The van der Waals surface area contributed by atoms with E-state index in [-0.39, 0.29) is 7.43 Å². The first-order valence-corrected chi connectivity index (χ1v) is 11.3. The van der Waals surface area contributed by atoms with Crippen molar-refractivity contribution in [2.24, 2.45) is 0 Å². The zero-order chi connectivity index (χ0) is 19.9. The number of hydrogen-bond acceptors (Lipinski definition) is 6. The smallest absolute Gasteiger partial charge is 0.280 e. The van der Waals surface area contributed by atoms with Crippen LogP contribution in [0.4, 0.5) is 11.4 Å². The Morgan fingerprint density at radius 1 is 1.15 bits per heavy atom. The van der Waals surface area contributed by atoms with Gasteiger partial charge in [0.15, 0.2) is 0 Å². The number of nitro benzene ring substituents is 2. The maximum Gasteiger partial charge on any atom is 0.280 e. The molecule has 1 aromatic rings. The summed E-state index contributed by atoms with van der Waals surface area (Å²) in [5, 5.41) is 22.1. The second-order valence-corrected chi connectivity index (χ2v) is 7.24. The molecule has 0 amide bonds. The molecule has 0 radical (unpaired) electrons. The molecule has 0 bridgehead atoms. The van der Waals surface area contributed by atoms with E-state index in [9.17, 15) is 28.6 Å². The summed E-state index contributed by atoms with van der Waals surface area (Å²) in [6.45, 7) is 0. The third-order valence-corrected chi connectivity index (χ3v) is 5.12. The molecule has 27 heavy (non-hydrogen) atoms. The Bertz CT molecular complexity index is 732. The molecule has 2 unspecified atom stereocenters. The van der Waals surface area contributed by atoms with Gasteiger partial charge in [0.2, 0.25) is 0 Å². The first-order chi connectivity index (χ1) is 12.2. The van der Waals surface area contributed by atoms with Gasteiger partial charge in [0.05, 0.1) is 25.6 Å². The Balaban J connectivity index is 0.00000218. The van der Waals surface area contributed by atoms with Crippen molar-refractivity contribution in [3.63, 3.8) is 0 Å². The fourth-order valence-electron chi connectivity index (χ4n) is 2.72. The van der Waals surface area contributed by atoms with E-state index >= 15 is 0 Å². The van der Waals surface area contributed by atoms with Crippen molar-refractivity contribution in [1.29, 1.82) is 0 Å². The zero-order valence-electron chi connectivity index (χ0n) is 14.4. The molecule has 1 saturated carbocycles. The van der Waals surface area contributed by atoms with Gasteiger partial charge in [0.25, 0.3) is 11.4 Å². The summed E-state index contributed by atoms with van der Waals surface area (Å²) < 4.78 is 28.2. The number of halogens is 1. The van der Waals surface area contributed by atoms with E-state index in [2.05, 4.69) is 14.4 Å². The van der Waals surface area contributed by atoms with Crippen LogP contribution in [0.3, 0.4) is 0 Å². The van der Waals surface area contributed by atoms with Crippen LogP contribution in [-0.4, -0.2) is 30.3 Å². The van der Waals surface area contributed by atoms with Crippen LogP contribution in [0.25, 0.3) is 10.5 Å². The Kier molecular flexibility index (Phi) is 11.1. The second kappa shape index (κ2) is 11.6. The summed E-state index contributed by atoms with van der Waals surface area (Å²) in [6, 6.07) is 1.82. The first-order valence-electron chi connectivity index (χ1n) is 7.41. The van der Waals surface area contributed by atoms with Gasteiger partial charge in [-0.2, -0.15) is 6.04 Å². The van der Waals surface area contributed by atoms with E-state index in [1.165, 1.54) is 0 Å². The van der Waals surface area contributed by atoms with E-state index in [0.29, 0.717) is 12.8 Å². The van der Waals surface area contributed by atoms with Crippen molar-refractivity contribution >= 4 is 31.1 Å². The van der Waals surface area contributed by atoms with Crippen LogP contribution in [0.2, 0.25) is 0 Å². The van der Waals surface area contributed by atoms with E-state index in [1.807, 2.05) is 17.3 Å². The molecule has 1 aliphatic carbocycles. The second-order valence-electron chi connectivity index (χ2n) is 5.58. The zero-order valence-corrected chi connectivity index (χ0v) is 17.7. The molecule has 2 rings (SSSR count). The van der Waals surface area contributed by atoms with E-state index in [1.54, 1.807) is 0 Å². The number of nitrogens with one attached hydrogen (secondary N) is 1. The first kappa shape index (κ1) is 25.8. The molecule has 0 heterocycles. The molecule has 1 aliphatic rings.